The molecule has 0 radical (unpaired) electrons. The van der Waals surface area contributed by atoms with Crippen LogP contribution in [0.1, 0.15) is 30.2 Å². The molecule has 10 heteroatoms. The lowest BCUT2D eigenvalue weighted by Crippen LogP contribution is -2.35. The summed E-state index contributed by atoms with van der Waals surface area (Å²) in [6.45, 7) is 6.74. The largest absolute Gasteiger partial charge is 0.377 e. The predicted molar refractivity (Wildman–Crippen MR) is 141 cm³/mol. The second kappa shape index (κ2) is 11.2. The molecule has 0 bridgehead atoms. The number of hydrogen-bond donors (Lipinski definition) is 1. The fourth-order valence-electron chi connectivity index (χ4n) is 4.74. The Morgan fingerprint density at radius 1 is 1.42 bits per heavy atom. The number of likely N-dealkylation sites (N-methyl/N-ethyl adjacent to an activating group) is 1. The van der Waals surface area contributed by atoms with Crippen LogP contribution in [0.25, 0.3) is 10.2 Å². The molecule has 36 heavy (non-hydrogen) atoms. The van der Waals surface area contributed by atoms with Gasteiger partial charge in [0.2, 0.25) is 5.91 Å². The Hall–Kier alpha value is -2.59. The number of fused-ring (bicyclic) bond motifs is 3. The van der Waals surface area contributed by atoms with Gasteiger partial charge >= 0.3 is 0 Å². The summed E-state index contributed by atoms with van der Waals surface area (Å²) in [6.07, 6.45) is 8.45. The Morgan fingerprint density at radius 3 is 3.08 bits per heavy atom. The molecule has 5 rings (SSSR count). The molecule has 0 aliphatic carbocycles. The third-order valence-electron chi connectivity index (χ3n) is 6.69. The lowest BCUT2D eigenvalue weighted by atomic mass is 10.0. The van der Waals surface area contributed by atoms with Crippen LogP contribution in [0.3, 0.4) is 0 Å². The Labute approximate surface area is 218 Å². The van der Waals surface area contributed by atoms with Gasteiger partial charge in [-0.25, -0.2) is 14.4 Å². The Morgan fingerprint density at radius 2 is 2.31 bits per heavy atom. The Balaban J connectivity index is 1.26. The number of benzene rings is 1. The van der Waals surface area contributed by atoms with Gasteiger partial charge in [-0.2, -0.15) is 0 Å². The molecule has 1 aromatic carbocycles. The number of nitrogens with one attached hydrogen (secondary N) is 1. The van der Waals surface area contributed by atoms with Gasteiger partial charge in [0, 0.05) is 42.9 Å². The topological polar surface area (TPSA) is 70.6 Å². The van der Waals surface area contributed by atoms with Crippen molar-refractivity contribution in [1.29, 1.82) is 0 Å². The van der Waals surface area contributed by atoms with Gasteiger partial charge in [-0.15, -0.1) is 11.3 Å². The number of halogens is 2. The predicted octanol–water partition coefficient (Wildman–Crippen LogP) is 5.17. The standard InChI is InChI=1S/C26H29ClFN5O2S/c1-2-32(14-18-5-4-12-35-18)10-3-6-23(34)33-11-9-19-22(15-33)36-26-24(19)25(29-16-30-26)31-17-7-8-21(28)20(27)13-17/h3,6-8,13,16,18H,2,4-5,9-12,14-15H2,1H3,(H,29,30,31). The lowest BCUT2D eigenvalue weighted by Gasteiger charge is -2.26. The third kappa shape index (κ3) is 5.54. The minimum Gasteiger partial charge on any atom is -0.377 e. The molecular formula is C26H29ClFN5O2S. The van der Waals surface area contributed by atoms with Crippen LogP contribution in [0, 0.1) is 5.82 Å². The van der Waals surface area contributed by atoms with E-state index < -0.39 is 5.82 Å². The molecule has 2 aliphatic heterocycles. The van der Waals surface area contributed by atoms with Crippen LogP contribution in [-0.2, 0) is 22.5 Å². The zero-order valence-electron chi connectivity index (χ0n) is 20.2. The van der Waals surface area contributed by atoms with Gasteiger partial charge in [0.05, 0.1) is 23.1 Å². The van der Waals surface area contributed by atoms with Crippen LogP contribution in [0.5, 0.6) is 0 Å². The minimum absolute atomic E-state index is 0.0247. The van der Waals surface area contributed by atoms with Crippen molar-refractivity contribution in [2.24, 2.45) is 0 Å². The van der Waals surface area contributed by atoms with Gasteiger partial charge in [0.1, 0.15) is 22.8 Å². The summed E-state index contributed by atoms with van der Waals surface area (Å²) in [6, 6.07) is 4.49. The number of carbonyl (C=O) groups is 1. The van der Waals surface area contributed by atoms with Crippen molar-refractivity contribution in [3.05, 3.63) is 58.0 Å². The van der Waals surface area contributed by atoms with Crippen molar-refractivity contribution in [3.8, 4) is 0 Å². The molecular weight excluding hydrogens is 501 g/mol. The molecule has 7 nitrogen and oxygen atoms in total. The molecule has 1 amide bonds. The van der Waals surface area contributed by atoms with E-state index in [0.29, 0.717) is 30.7 Å². The second-order valence-electron chi connectivity index (χ2n) is 9.06. The number of thiophene rings is 1. The molecule has 2 aliphatic rings. The monoisotopic (exact) mass is 529 g/mol. The normalized spacial score (nSPS) is 17.9. The van der Waals surface area contributed by atoms with E-state index in [-0.39, 0.29) is 10.9 Å². The van der Waals surface area contributed by atoms with Gasteiger partial charge in [-0.1, -0.05) is 24.6 Å². The van der Waals surface area contributed by atoms with Gasteiger partial charge in [0.25, 0.3) is 0 Å². The molecule has 190 valence electrons. The van der Waals surface area contributed by atoms with Gasteiger partial charge in [-0.05, 0) is 49.6 Å². The number of hydrogen-bond acceptors (Lipinski definition) is 7. The first-order valence-electron chi connectivity index (χ1n) is 12.3. The molecule has 1 fully saturated rings. The fourth-order valence-corrected chi connectivity index (χ4v) is 6.12. The van der Waals surface area contributed by atoms with Crippen LogP contribution in [0.4, 0.5) is 15.9 Å². The lowest BCUT2D eigenvalue weighted by molar-refractivity contribution is -0.126. The quantitative estimate of drug-likeness (QED) is 0.406. The number of anilines is 2. The zero-order chi connectivity index (χ0) is 25.1. The number of amides is 1. The maximum atomic E-state index is 13.6. The summed E-state index contributed by atoms with van der Waals surface area (Å²) < 4.78 is 19.3. The molecule has 1 atom stereocenters. The van der Waals surface area contributed by atoms with E-state index >= 15 is 0 Å². The SMILES string of the molecule is CCN(CC=CC(=O)N1CCc2c(sc3ncnc(Nc4ccc(F)c(Cl)c4)c23)C1)CC1CCCO1. The average molecular weight is 530 g/mol. The van der Waals surface area contributed by atoms with Crippen molar-refractivity contribution in [1.82, 2.24) is 19.8 Å². The van der Waals surface area contributed by atoms with Crippen molar-refractivity contribution in [2.75, 3.05) is 38.1 Å². The highest BCUT2D eigenvalue weighted by atomic mass is 35.5. The van der Waals surface area contributed by atoms with Crippen molar-refractivity contribution in [3.63, 3.8) is 0 Å². The van der Waals surface area contributed by atoms with Gasteiger partial charge in [-0.3, -0.25) is 9.69 Å². The highest BCUT2D eigenvalue weighted by Gasteiger charge is 2.26. The summed E-state index contributed by atoms with van der Waals surface area (Å²) in [7, 11) is 0. The Kier molecular flexibility index (Phi) is 7.81. The first-order chi connectivity index (χ1) is 17.5. The zero-order valence-corrected chi connectivity index (χ0v) is 21.7. The van der Waals surface area contributed by atoms with E-state index in [0.717, 1.165) is 66.2 Å². The summed E-state index contributed by atoms with van der Waals surface area (Å²) in [5.74, 6) is 0.217. The van der Waals surface area contributed by atoms with E-state index in [2.05, 4.69) is 27.1 Å². The van der Waals surface area contributed by atoms with Gasteiger partial charge in [0.15, 0.2) is 0 Å². The highest BCUT2D eigenvalue weighted by molar-refractivity contribution is 7.19. The third-order valence-corrected chi connectivity index (χ3v) is 8.10. The number of nitrogens with zero attached hydrogens (tertiary/aromatic N) is 4. The summed E-state index contributed by atoms with van der Waals surface area (Å²) in [4.78, 5) is 28.0. The summed E-state index contributed by atoms with van der Waals surface area (Å²) in [5.41, 5.74) is 1.81. The number of ether oxygens (including phenoxy) is 1. The first kappa shape index (κ1) is 25.1. The van der Waals surface area contributed by atoms with Crippen molar-refractivity contribution >= 4 is 50.6 Å². The van der Waals surface area contributed by atoms with Crippen LogP contribution < -0.4 is 5.32 Å². The van der Waals surface area contributed by atoms with Crippen molar-refractivity contribution in [2.45, 2.75) is 38.8 Å². The van der Waals surface area contributed by atoms with E-state index in [1.807, 2.05) is 11.0 Å². The average Bonchev–Trinajstić information content (AvgIpc) is 3.53. The smallest absolute Gasteiger partial charge is 0.246 e. The Bertz CT molecular complexity index is 1280. The summed E-state index contributed by atoms with van der Waals surface area (Å²) >= 11 is 7.52. The molecule has 3 aromatic rings. The number of carbonyl (C=O) groups excluding carboxylic acids is 1. The molecule has 0 spiro atoms. The molecule has 1 saturated heterocycles. The molecule has 1 unspecified atom stereocenters. The molecule has 1 N–H and O–H groups in total. The van der Waals surface area contributed by atoms with Gasteiger partial charge < -0.3 is 15.0 Å². The van der Waals surface area contributed by atoms with E-state index in [1.54, 1.807) is 23.5 Å². The van der Waals surface area contributed by atoms with Crippen molar-refractivity contribution < 1.29 is 13.9 Å². The maximum Gasteiger partial charge on any atom is 0.246 e. The van der Waals surface area contributed by atoms with E-state index in [4.69, 9.17) is 16.3 Å². The minimum atomic E-state index is -0.466. The number of rotatable bonds is 8. The van der Waals surface area contributed by atoms with E-state index in [1.165, 1.54) is 18.5 Å². The number of aromatic nitrogens is 2. The van der Waals surface area contributed by atoms with Crippen LogP contribution in [-0.4, -0.2) is 64.6 Å². The summed E-state index contributed by atoms with van der Waals surface area (Å²) in [5, 5.41) is 4.26. The van der Waals surface area contributed by atoms with Crippen LogP contribution >= 0.6 is 22.9 Å². The van der Waals surface area contributed by atoms with Crippen LogP contribution in [0.2, 0.25) is 5.02 Å². The van der Waals surface area contributed by atoms with E-state index in [9.17, 15) is 9.18 Å². The first-order valence-corrected chi connectivity index (χ1v) is 13.5. The van der Waals surface area contributed by atoms with Crippen LogP contribution in [0.15, 0.2) is 36.7 Å². The molecule has 4 heterocycles. The highest BCUT2D eigenvalue weighted by Crippen LogP contribution is 2.38. The molecule has 0 saturated carbocycles. The molecule has 2 aromatic heterocycles. The maximum absolute atomic E-state index is 13.6. The second-order valence-corrected chi connectivity index (χ2v) is 10.6. The fraction of sp³-hybridized carbons (Fsp3) is 0.423.